The summed E-state index contributed by atoms with van der Waals surface area (Å²) in [5, 5.41) is 4.76. The Kier molecular flexibility index (Phi) is 5.11. The molecule has 1 saturated heterocycles. The average molecular weight is 364 g/mol. The first-order valence-corrected chi connectivity index (χ1v) is 9.38. The van der Waals surface area contributed by atoms with Crippen molar-refractivity contribution in [3.05, 3.63) is 48.5 Å². The highest BCUT2D eigenvalue weighted by Gasteiger charge is 2.22. The summed E-state index contributed by atoms with van der Waals surface area (Å²) in [6, 6.07) is 9.81. The molecular formula is C20H24N6O. The topological polar surface area (TPSA) is 69.0 Å². The van der Waals surface area contributed by atoms with Crippen LogP contribution in [0.3, 0.4) is 0 Å². The van der Waals surface area contributed by atoms with Gasteiger partial charge in [-0.1, -0.05) is 19.9 Å². The number of aromatic nitrogens is 5. The SMILES string of the molecule is CC(C)Cc1nc(-c2cccnc2N2CCOCC2)n(-c2ccccn2)n1. The molecule has 27 heavy (non-hydrogen) atoms. The minimum atomic E-state index is 0.477. The molecule has 0 spiro atoms. The molecule has 4 rings (SSSR count). The van der Waals surface area contributed by atoms with E-state index in [0.29, 0.717) is 19.1 Å². The van der Waals surface area contributed by atoms with Crippen LogP contribution in [0.15, 0.2) is 42.7 Å². The van der Waals surface area contributed by atoms with E-state index in [-0.39, 0.29) is 0 Å². The van der Waals surface area contributed by atoms with Gasteiger partial charge in [0.1, 0.15) is 5.82 Å². The Morgan fingerprint density at radius 3 is 2.59 bits per heavy atom. The van der Waals surface area contributed by atoms with E-state index in [0.717, 1.165) is 48.4 Å². The fraction of sp³-hybridized carbons (Fsp3) is 0.400. The van der Waals surface area contributed by atoms with Crippen LogP contribution in [0.2, 0.25) is 0 Å². The highest BCUT2D eigenvalue weighted by Crippen LogP contribution is 2.29. The summed E-state index contributed by atoms with van der Waals surface area (Å²) >= 11 is 0. The van der Waals surface area contributed by atoms with Crippen LogP contribution in [0, 0.1) is 5.92 Å². The van der Waals surface area contributed by atoms with Crippen molar-refractivity contribution in [1.29, 1.82) is 0 Å². The number of rotatable bonds is 5. The number of nitrogens with zero attached hydrogens (tertiary/aromatic N) is 6. The second kappa shape index (κ2) is 7.84. The summed E-state index contributed by atoms with van der Waals surface area (Å²) in [5.74, 6) is 3.75. The molecule has 7 heteroatoms. The monoisotopic (exact) mass is 364 g/mol. The largest absolute Gasteiger partial charge is 0.378 e. The molecule has 3 aromatic heterocycles. The molecular weight excluding hydrogens is 340 g/mol. The number of hydrogen-bond acceptors (Lipinski definition) is 6. The van der Waals surface area contributed by atoms with Crippen molar-refractivity contribution in [2.24, 2.45) is 5.92 Å². The molecule has 1 aliphatic rings. The van der Waals surface area contributed by atoms with Gasteiger partial charge in [0, 0.05) is 31.9 Å². The Hall–Kier alpha value is -2.80. The van der Waals surface area contributed by atoms with E-state index in [1.807, 2.05) is 35.1 Å². The van der Waals surface area contributed by atoms with Gasteiger partial charge >= 0.3 is 0 Å². The van der Waals surface area contributed by atoms with Crippen molar-refractivity contribution in [2.75, 3.05) is 31.2 Å². The first-order chi connectivity index (χ1) is 13.2. The number of morpholine rings is 1. The van der Waals surface area contributed by atoms with Crippen LogP contribution >= 0.6 is 0 Å². The summed E-state index contributed by atoms with van der Waals surface area (Å²) < 4.78 is 7.33. The highest BCUT2D eigenvalue weighted by molar-refractivity contribution is 5.72. The van der Waals surface area contributed by atoms with Crippen LogP contribution in [0.1, 0.15) is 19.7 Å². The predicted octanol–water partition coefficient (Wildman–Crippen LogP) is 2.76. The van der Waals surface area contributed by atoms with Gasteiger partial charge in [0.15, 0.2) is 17.5 Å². The molecule has 0 unspecified atom stereocenters. The molecule has 140 valence electrons. The lowest BCUT2D eigenvalue weighted by Gasteiger charge is -2.29. The zero-order chi connectivity index (χ0) is 18.6. The first-order valence-electron chi connectivity index (χ1n) is 9.38. The lowest BCUT2D eigenvalue weighted by molar-refractivity contribution is 0.122. The number of hydrogen-bond donors (Lipinski definition) is 0. The van der Waals surface area contributed by atoms with E-state index in [9.17, 15) is 0 Å². The molecule has 0 N–H and O–H groups in total. The molecule has 3 aromatic rings. The van der Waals surface area contributed by atoms with Crippen LogP contribution in [-0.4, -0.2) is 51.0 Å². The molecule has 0 aromatic carbocycles. The standard InChI is InChI=1S/C20H24N6O/c1-15(2)14-17-23-20(26(24-17)18-7-3-4-8-21-18)16-6-5-9-22-19(16)25-10-12-27-13-11-25/h3-9,15H,10-14H2,1-2H3. The maximum Gasteiger partial charge on any atom is 0.169 e. The normalized spacial score (nSPS) is 14.7. The fourth-order valence-corrected chi connectivity index (χ4v) is 3.22. The van der Waals surface area contributed by atoms with Crippen molar-refractivity contribution in [2.45, 2.75) is 20.3 Å². The van der Waals surface area contributed by atoms with Gasteiger partial charge in [-0.15, -0.1) is 5.10 Å². The second-order valence-electron chi connectivity index (χ2n) is 7.02. The van der Waals surface area contributed by atoms with Crippen molar-refractivity contribution in [3.8, 4) is 17.2 Å². The summed E-state index contributed by atoms with van der Waals surface area (Å²) in [7, 11) is 0. The quantitative estimate of drug-likeness (QED) is 0.693. The van der Waals surface area contributed by atoms with Crippen molar-refractivity contribution < 1.29 is 4.74 Å². The van der Waals surface area contributed by atoms with Crippen molar-refractivity contribution in [1.82, 2.24) is 24.7 Å². The van der Waals surface area contributed by atoms with Crippen LogP contribution in [0.5, 0.6) is 0 Å². The summed E-state index contributed by atoms with van der Waals surface area (Å²) in [4.78, 5) is 16.2. The number of ether oxygens (including phenoxy) is 1. The van der Waals surface area contributed by atoms with Gasteiger partial charge < -0.3 is 9.64 Å². The molecule has 0 saturated carbocycles. The van der Waals surface area contributed by atoms with E-state index in [4.69, 9.17) is 14.8 Å². The van der Waals surface area contributed by atoms with Gasteiger partial charge in [-0.05, 0) is 30.2 Å². The van der Waals surface area contributed by atoms with Gasteiger partial charge in [0.25, 0.3) is 0 Å². The minimum Gasteiger partial charge on any atom is -0.378 e. The van der Waals surface area contributed by atoms with Gasteiger partial charge in [0.2, 0.25) is 0 Å². The van der Waals surface area contributed by atoms with Crippen LogP contribution in [0.25, 0.3) is 17.2 Å². The van der Waals surface area contributed by atoms with Crippen LogP contribution in [-0.2, 0) is 11.2 Å². The van der Waals surface area contributed by atoms with E-state index < -0.39 is 0 Å². The fourth-order valence-electron chi connectivity index (χ4n) is 3.22. The summed E-state index contributed by atoms with van der Waals surface area (Å²) in [6.07, 6.45) is 4.42. The lowest BCUT2D eigenvalue weighted by Crippen LogP contribution is -2.37. The zero-order valence-electron chi connectivity index (χ0n) is 15.7. The molecule has 0 aliphatic carbocycles. The van der Waals surface area contributed by atoms with E-state index >= 15 is 0 Å². The van der Waals surface area contributed by atoms with Crippen LogP contribution < -0.4 is 4.90 Å². The zero-order valence-corrected chi connectivity index (χ0v) is 15.7. The second-order valence-corrected chi connectivity index (χ2v) is 7.02. The highest BCUT2D eigenvalue weighted by atomic mass is 16.5. The van der Waals surface area contributed by atoms with Gasteiger partial charge in [-0.3, -0.25) is 0 Å². The third-order valence-electron chi connectivity index (χ3n) is 4.45. The molecule has 7 nitrogen and oxygen atoms in total. The van der Waals surface area contributed by atoms with Gasteiger partial charge in [-0.2, -0.15) is 4.68 Å². The number of anilines is 1. The molecule has 0 bridgehead atoms. The maximum atomic E-state index is 5.50. The molecule has 1 aliphatic heterocycles. The molecule has 0 radical (unpaired) electrons. The first kappa shape index (κ1) is 17.6. The van der Waals surface area contributed by atoms with Crippen LogP contribution in [0.4, 0.5) is 5.82 Å². The third kappa shape index (κ3) is 3.83. The maximum absolute atomic E-state index is 5.50. The Bertz CT molecular complexity index is 886. The Morgan fingerprint density at radius 2 is 1.85 bits per heavy atom. The molecule has 0 atom stereocenters. The minimum absolute atomic E-state index is 0.477. The van der Waals surface area contributed by atoms with E-state index in [2.05, 4.69) is 34.8 Å². The van der Waals surface area contributed by atoms with E-state index in [1.54, 1.807) is 6.20 Å². The summed E-state index contributed by atoms with van der Waals surface area (Å²) in [5.41, 5.74) is 0.965. The van der Waals surface area contributed by atoms with Crippen molar-refractivity contribution in [3.63, 3.8) is 0 Å². The molecule has 0 amide bonds. The molecule has 4 heterocycles. The van der Waals surface area contributed by atoms with Gasteiger partial charge in [-0.25, -0.2) is 15.0 Å². The Balaban J connectivity index is 1.82. The summed E-state index contributed by atoms with van der Waals surface area (Å²) in [6.45, 7) is 7.40. The van der Waals surface area contributed by atoms with Gasteiger partial charge in [0.05, 0.1) is 18.8 Å². The number of pyridine rings is 2. The Labute approximate surface area is 159 Å². The lowest BCUT2D eigenvalue weighted by atomic mass is 10.1. The average Bonchev–Trinajstić information content (AvgIpc) is 3.12. The predicted molar refractivity (Wildman–Crippen MR) is 104 cm³/mol. The third-order valence-corrected chi connectivity index (χ3v) is 4.45. The van der Waals surface area contributed by atoms with E-state index in [1.165, 1.54) is 0 Å². The smallest absolute Gasteiger partial charge is 0.169 e. The Morgan fingerprint density at radius 1 is 1.04 bits per heavy atom. The molecule has 1 fully saturated rings. The van der Waals surface area contributed by atoms with Crippen molar-refractivity contribution >= 4 is 5.82 Å².